The van der Waals surface area contributed by atoms with Crippen molar-refractivity contribution in [2.75, 3.05) is 19.6 Å². The van der Waals surface area contributed by atoms with Crippen molar-refractivity contribution in [2.24, 2.45) is 11.8 Å². The van der Waals surface area contributed by atoms with Gasteiger partial charge in [0.1, 0.15) is 5.54 Å². The third-order valence-corrected chi connectivity index (χ3v) is 4.56. The predicted octanol–water partition coefficient (Wildman–Crippen LogP) is 2.39. The minimum Gasteiger partial charge on any atom is -0.303 e. The molecule has 3 unspecified atom stereocenters. The third-order valence-electron chi connectivity index (χ3n) is 4.56. The van der Waals surface area contributed by atoms with E-state index in [2.05, 4.69) is 37.1 Å². The highest BCUT2D eigenvalue weighted by Crippen LogP contribution is 2.26. The second-order valence-electron chi connectivity index (χ2n) is 6.68. The monoisotopic (exact) mass is 249 g/mol. The molecule has 1 aliphatic carbocycles. The van der Waals surface area contributed by atoms with Gasteiger partial charge in [0.2, 0.25) is 0 Å². The molecule has 0 amide bonds. The summed E-state index contributed by atoms with van der Waals surface area (Å²) in [5, 5.41) is 12.8. The van der Waals surface area contributed by atoms with Gasteiger partial charge in [0.05, 0.1) is 6.07 Å². The standard InChI is InChI=1S/C15H27N3/c1-12-9-18(10-13(12)2)8-4-7-15(3,11-16)17-14-5-6-14/h12-14,17H,4-10H2,1-3H3. The summed E-state index contributed by atoms with van der Waals surface area (Å²) < 4.78 is 0. The van der Waals surface area contributed by atoms with Crippen LogP contribution in [0.25, 0.3) is 0 Å². The van der Waals surface area contributed by atoms with Crippen LogP contribution in [0.5, 0.6) is 0 Å². The van der Waals surface area contributed by atoms with Gasteiger partial charge in [-0.05, 0) is 51.0 Å². The average Bonchev–Trinajstić information content (AvgIpc) is 3.06. The fourth-order valence-corrected chi connectivity index (χ4v) is 2.93. The molecule has 1 heterocycles. The van der Waals surface area contributed by atoms with Gasteiger partial charge in [-0.3, -0.25) is 5.32 Å². The van der Waals surface area contributed by atoms with Crippen LogP contribution in [0.15, 0.2) is 0 Å². The molecule has 0 radical (unpaired) electrons. The Morgan fingerprint density at radius 3 is 2.39 bits per heavy atom. The minimum atomic E-state index is -0.307. The van der Waals surface area contributed by atoms with Crippen LogP contribution >= 0.6 is 0 Å². The van der Waals surface area contributed by atoms with Gasteiger partial charge in [-0.15, -0.1) is 0 Å². The van der Waals surface area contributed by atoms with Gasteiger partial charge in [-0.1, -0.05) is 13.8 Å². The molecule has 1 saturated heterocycles. The van der Waals surface area contributed by atoms with Gasteiger partial charge in [0.15, 0.2) is 0 Å². The van der Waals surface area contributed by atoms with Gasteiger partial charge in [0, 0.05) is 19.1 Å². The Balaban J connectivity index is 1.69. The van der Waals surface area contributed by atoms with E-state index in [4.69, 9.17) is 0 Å². The molecule has 102 valence electrons. The summed E-state index contributed by atoms with van der Waals surface area (Å²) in [6, 6.07) is 3.08. The zero-order valence-electron chi connectivity index (χ0n) is 12.1. The molecule has 0 bridgehead atoms. The highest BCUT2D eigenvalue weighted by atomic mass is 15.1. The van der Waals surface area contributed by atoms with Crippen LogP contribution in [0.1, 0.15) is 46.5 Å². The Kier molecular flexibility index (Phi) is 4.29. The van der Waals surface area contributed by atoms with Crippen LogP contribution in [0.2, 0.25) is 0 Å². The lowest BCUT2D eigenvalue weighted by Gasteiger charge is -2.24. The van der Waals surface area contributed by atoms with E-state index in [1.807, 2.05) is 0 Å². The first-order valence-electron chi connectivity index (χ1n) is 7.44. The fraction of sp³-hybridized carbons (Fsp3) is 0.933. The number of nitrogens with one attached hydrogen (secondary N) is 1. The van der Waals surface area contributed by atoms with Gasteiger partial charge >= 0.3 is 0 Å². The minimum absolute atomic E-state index is 0.307. The first-order chi connectivity index (χ1) is 8.52. The summed E-state index contributed by atoms with van der Waals surface area (Å²) in [5.74, 6) is 1.66. The van der Waals surface area contributed by atoms with E-state index < -0.39 is 0 Å². The molecular weight excluding hydrogens is 222 g/mol. The molecule has 0 aromatic heterocycles. The van der Waals surface area contributed by atoms with E-state index in [9.17, 15) is 5.26 Å². The Bertz CT molecular complexity index is 308. The van der Waals surface area contributed by atoms with Gasteiger partial charge in [-0.2, -0.15) is 5.26 Å². The largest absolute Gasteiger partial charge is 0.303 e. The average molecular weight is 249 g/mol. The van der Waals surface area contributed by atoms with Gasteiger partial charge in [0.25, 0.3) is 0 Å². The molecule has 0 spiro atoms. The van der Waals surface area contributed by atoms with Crippen LogP contribution in [0, 0.1) is 23.2 Å². The van der Waals surface area contributed by atoms with Crippen molar-refractivity contribution in [1.82, 2.24) is 10.2 Å². The van der Waals surface area contributed by atoms with Crippen molar-refractivity contribution < 1.29 is 0 Å². The Labute approximate surface area is 112 Å². The molecule has 1 aliphatic heterocycles. The van der Waals surface area contributed by atoms with Crippen LogP contribution in [-0.2, 0) is 0 Å². The maximum Gasteiger partial charge on any atom is 0.104 e. The molecule has 2 rings (SSSR count). The molecular formula is C15H27N3. The summed E-state index contributed by atoms with van der Waals surface area (Å²) >= 11 is 0. The normalized spacial score (nSPS) is 32.1. The molecule has 0 aromatic carbocycles. The van der Waals surface area contributed by atoms with Crippen molar-refractivity contribution in [2.45, 2.75) is 58.0 Å². The fourth-order valence-electron chi connectivity index (χ4n) is 2.93. The predicted molar refractivity (Wildman–Crippen MR) is 74.2 cm³/mol. The first kappa shape index (κ1) is 13.8. The lowest BCUT2D eigenvalue weighted by atomic mass is 9.97. The molecule has 3 nitrogen and oxygen atoms in total. The lowest BCUT2D eigenvalue weighted by molar-refractivity contribution is 0.295. The van der Waals surface area contributed by atoms with E-state index in [0.717, 1.165) is 31.2 Å². The number of likely N-dealkylation sites (tertiary alicyclic amines) is 1. The summed E-state index contributed by atoms with van der Waals surface area (Å²) in [6.45, 7) is 10.4. The quantitative estimate of drug-likeness (QED) is 0.785. The van der Waals surface area contributed by atoms with Crippen LogP contribution in [-0.4, -0.2) is 36.1 Å². The molecule has 1 N–H and O–H groups in total. The zero-order chi connectivity index (χ0) is 13.2. The van der Waals surface area contributed by atoms with Crippen LogP contribution in [0.3, 0.4) is 0 Å². The number of rotatable bonds is 6. The van der Waals surface area contributed by atoms with Crippen molar-refractivity contribution >= 4 is 0 Å². The van der Waals surface area contributed by atoms with Crippen LogP contribution < -0.4 is 5.32 Å². The number of nitriles is 1. The van der Waals surface area contributed by atoms with E-state index in [-0.39, 0.29) is 5.54 Å². The summed E-state index contributed by atoms with van der Waals surface area (Å²) in [7, 11) is 0. The Morgan fingerprint density at radius 1 is 1.28 bits per heavy atom. The van der Waals surface area contributed by atoms with E-state index in [1.54, 1.807) is 0 Å². The topological polar surface area (TPSA) is 39.1 Å². The van der Waals surface area contributed by atoms with Gasteiger partial charge < -0.3 is 4.90 Å². The van der Waals surface area contributed by atoms with Crippen molar-refractivity contribution in [3.05, 3.63) is 0 Å². The summed E-state index contributed by atoms with van der Waals surface area (Å²) in [6.07, 6.45) is 4.60. The SMILES string of the molecule is CC1CN(CCCC(C)(C#N)NC2CC2)CC1C. The second kappa shape index (κ2) is 5.59. The van der Waals surface area contributed by atoms with Crippen molar-refractivity contribution in [1.29, 1.82) is 5.26 Å². The van der Waals surface area contributed by atoms with E-state index in [0.29, 0.717) is 6.04 Å². The maximum atomic E-state index is 9.31. The lowest BCUT2D eigenvalue weighted by Crippen LogP contribution is -2.42. The van der Waals surface area contributed by atoms with Crippen LogP contribution in [0.4, 0.5) is 0 Å². The van der Waals surface area contributed by atoms with E-state index >= 15 is 0 Å². The maximum absolute atomic E-state index is 9.31. The zero-order valence-corrected chi connectivity index (χ0v) is 12.1. The summed E-state index contributed by atoms with van der Waals surface area (Å²) in [5.41, 5.74) is -0.307. The third kappa shape index (κ3) is 3.70. The first-order valence-corrected chi connectivity index (χ1v) is 7.44. The molecule has 3 atom stereocenters. The van der Waals surface area contributed by atoms with Gasteiger partial charge in [-0.25, -0.2) is 0 Å². The second-order valence-corrected chi connectivity index (χ2v) is 6.68. The molecule has 18 heavy (non-hydrogen) atoms. The smallest absolute Gasteiger partial charge is 0.104 e. The Hall–Kier alpha value is -0.590. The van der Waals surface area contributed by atoms with Crippen molar-refractivity contribution in [3.63, 3.8) is 0 Å². The highest BCUT2D eigenvalue weighted by molar-refractivity contribution is 5.07. The Morgan fingerprint density at radius 2 is 1.89 bits per heavy atom. The number of hydrogen-bond acceptors (Lipinski definition) is 3. The molecule has 0 aromatic rings. The molecule has 3 heteroatoms. The molecule has 1 saturated carbocycles. The van der Waals surface area contributed by atoms with E-state index in [1.165, 1.54) is 25.9 Å². The number of hydrogen-bond donors (Lipinski definition) is 1. The number of nitrogens with zero attached hydrogens (tertiary/aromatic N) is 2. The molecule has 2 aliphatic rings. The summed E-state index contributed by atoms with van der Waals surface area (Å²) in [4.78, 5) is 2.56. The highest BCUT2D eigenvalue weighted by Gasteiger charge is 2.32. The van der Waals surface area contributed by atoms with Crippen molar-refractivity contribution in [3.8, 4) is 6.07 Å². The molecule has 2 fully saturated rings.